The Balaban J connectivity index is 1.60. The summed E-state index contributed by atoms with van der Waals surface area (Å²) in [6.07, 6.45) is 5.13. The van der Waals surface area contributed by atoms with Crippen molar-refractivity contribution in [1.82, 2.24) is 19.6 Å². The normalized spacial score (nSPS) is 18.4. The van der Waals surface area contributed by atoms with Crippen LogP contribution in [0.4, 0.5) is 0 Å². The minimum atomic E-state index is 0.136. The summed E-state index contributed by atoms with van der Waals surface area (Å²) in [6.45, 7) is 6.92. The summed E-state index contributed by atoms with van der Waals surface area (Å²) < 4.78 is 7.42. The number of hydrogen-bond donors (Lipinski definition) is 0. The van der Waals surface area contributed by atoms with E-state index in [-0.39, 0.29) is 5.91 Å². The number of likely N-dealkylation sites (tertiary alicyclic amines) is 1. The van der Waals surface area contributed by atoms with Crippen LogP contribution in [0.1, 0.15) is 36.4 Å². The summed E-state index contributed by atoms with van der Waals surface area (Å²) in [5.74, 6) is 0.949. The number of amides is 1. The fourth-order valence-corrected chi connectivity index (χ4v) is 3.55. The molecule has 3 heterocycles. The molecule has 25 heavy (non-hydrogen) atoms. The topological polar surface area (TPSA) is 54.5 Å². The van der Waals surface area contributed by atoms with Crippen LogP contribution in [0.25, 0.3) is 0 Å². The van der Waals surface area contributed by atoms with Gasteiger partial charge in [0, 0.05) is 18.8 Å². The van der Waals surface area contributed by atoms with E-state index in [1.807, 2.05) is 26.1 Å². The molecule has 1 fully saturated rings. The zero-order valence-corrected chi connectivity index (χ0v) is 15.4. The number of rotatable bonds is 6. The minimum absolute atomic E-state index is 0.136. The van der Waals surface area contributed by atoms with Gasteiger partial charge in [-0.15, -0.1) is 0 Å². The SMILES string of the molecule is Cc1cc(C)n(C[C@H]2CCCCN2CC(=O)N(C)Cc2ccco2)n1. The van der Waals surface area contributed by atoms with Crippen molar-refractivity contribution in [2.75, 3.05) is 20.1 Å². The molecule has 0 aromatic carbocycles. The number of aromatic nitrogens is 2. The first-order valence-corrected chi connectivity index (χ1v) is 9.04. The van der Waals surface area contributed by atoms with Gasteiger partial charge < -0.3 is 9.32 Å². The largest absolute Gasteiger partial charge is 0.467 e. The van der Waals surface area contributed by atoms with Crippen LogP contribution in [0.3, 0.4) is 0 Å². The Morgan fingerprint density at radius 1 is 1.40 bits per heavy atom. The van der Waals surface area contributed by atoms with E-state index in [1.165, 1.54) is 12.1 Å². The number of aryl methyl sites for hydroxylation is 2. The van der Waals surface area contributed by atoms with Gasteiger partial charge in [0.1, 0.15) is 5.76 Å². The molecule has 1 aliphatic rings. The molecule has 0 bridgehead atoms. The van der Waals surface area contributed by atoms with Crippen molar-refractivity contribution in [2.45, 2.75) is 52.2 Å². The van der Waals surface area contributed by atoms with Crippen LogP contribution < -0.4 is 0 Å². The zero-order valence-electron chi connectivity index (χ0n) is 15.4. The van der Waals surface area contributed by atoms with Gasteiger partial charge >= 0.3 is 0 Å². The van der Waals surface area contributed by atoms with Crippen LogP contribution in [-0.4, -0.2) is 51.7 Å². The van der Waals surface area contributed by atoms with Crippen molar-refractivity contribution in [3.05, 3.63) is 41.6 Å². The van der Waals surface area contributed by atoms with Crippen LogP contribution in [0, 0.1) is 13.8 Å². The Hall–Kier alpha value is -2.08. The lowest BCUT2D eigenvalue weighted by Crippen LogP contribution is -2.47. The van der Waals surface area contributed by atoms with Crippen LogP contribution in [0.15, 0.2) is 28.9 Å². The molecule has 1 saturated heterocycles. The van der Waals surface area contributed by atoms with E-state index >= 15 is 0 Å². The first-order chi connectivity index (χ1) is 12.0. The predicted molar refractivity (Wildman–Crippen MR) is 96.1 cm³/mol. The molecule has 3 rings (SSSR count). The summed E-state index contributed by atoms with van der Waals surface area (Å²) in [4.78, 5) is 16.7. The maximum absolute atomic E-state index is 12.6. The van der Waals surface area contributed by atoms with Gasteiger partial charge in [-0.25, -0.2) is 0 Å². The smallest absolute Gasteiger partial charge is 0.236 e. The third kappa shape index (κ3) is 4.51. The molecule has 6 nitrogen and oxygen atoms in total. The minimum Gasteiger partial charge on any atom is -0.467 e. The van der Waals surface area contributed by atoms with Gasteiger partial charge in [0.2, 0.25) is 5.91 Å². The molecule has 2 aromatic rings. The molecule has 0 N–H and O–H groups in total. The summed E-state index contributed by atoms with van der Waals surface area (Å²) in [5, 5.41) is 4.59. The molecule has 0 saturated carbocycles. The molecule has 0 spiro atoms. The number of nitrogens with zero attached hydrogens (tertiary/aromatic N) is 4. The van der Waals surface area contributed by atoms with Gasteiger partial charge in [0.05, 0.1) is 31.6 Å². The van der Waals surface area contributed by atoms with E-state index in [2.05, 4.69) is 27.7 Å². The number of piperidine rings is 1. The second-order valence-corrected chi connectivity index (χ2v) is 7.06. The zero-order chi connectivity index (χ0) is 17.8. The van der Waals surface area contributed by atoms with E-state index in [0.717, 1.165) is 37.4 Å². The fraction of sp³-hybridized carbons (Fsp3) is 0.579. The summed E-state index contributed by atoms with van der Waals surface area (Å²) >= 11 is 0. The van der Waals surface area contributed by atoms with Gasteiger partial charge in [-0.05, 0) is 51.4 Å². The standard InChI is InChI=1S/C19H28N4O2/c1-15-11-16(2)23(20-15)12-17-7-4-5-9-22(17)14-19(24)21(3)13-18-8-6-10-25-18/h6,8,10-11,17H,4-5,7,9,12-14H2,1-3H3/t17-/m1/s1. The van der Waals surface area contributed by atoms with E-state index in [4.69, 9.17) is 4.42 Å². The summed E-state index contributed by atoms with van der Waals surface area (Å²) in [6, 6.07) is 6.22. The predicted octanol–water partition coefficient (Wildman–Crippen LogP) is 2.61. The van der Waals surface area contributed by atoms with Gasteiger partial charge in [-0.1, -0.05) is 6.42 Å². The molecule has 6 heteroatoms. The summed E-state index contributed by atoms with van der Waals surface area (Å²) in [7, 11) is 1.84. The molecule has 0 radical (unpaired) electrons. The second-order valence-electron chi connectivity index (χ2n) is 7.06. The molecule has 1 amide bonds. The van der Waals surface area contributed by atoms with Crippen molar-refractivity contribution in [3.63, 3.8) is 0 Å². The Morgan fingerprint density at radius 3 is 2.92 bits per heavy atom. The van der Waals surface area contributed by atoms with Crippen molar-refractivity contribution in [2.24, 2.45) is 0 Å². The number of furan rings is 1. The highest BCUT2D eigenvalue weighted by Gasteiger charge is 2.26. The average molecular weight is 344 g/mol. The second kappa shape index (κ2) is 7.87. The monoisotopic (exact) mass is 344 g/mol. The molecule has 1 aliphatic heterocycles. The Labute approximate surface area is 149 Å². The van der Waals surface area contributed by atoms with Gasteiger partial charge in [-0.2, -0.15) is 5.10 Å². The van der Waals surface area contributed by atoms with Crippen molar-refractivity contribution >= 4 is 5.91 Å². The van der Waals surface area contributed by atoms with Crippen LogP contribution in [0.2, 0.25) is 0 Å². The van der Waals surface area contributed by atoms with E-state index in [0.29, 0.717) is 19.1 Å². The third-order valence-corrected chi connectivity index (χ3v) is 4.97. The van der Waals surface area contributed by atoms with Gasteiger partial charge in [0.15, 0.2) is 0 Å². The molecule has 0 unspecified atom stereocenters. The fourth-order valence-electron chi connectivity index (χ4n) is 3.55. The Bertz CT molecular complexity index is 692. The lowest BCUT2D eigenvalue weighted by atomic mass is 10.0. The number of carbonyl (C=O) groups is 1. The number of hydrogen-bond acceptors (Lipinski definition) is 4. The quantitative estimate of drug-likeness (QED) is 0.808. The molecular formula is C19H28N4O2. The summed E-state index contributed by atoms with van der Waals surface area (Å²) in [5.41, 5.74) is 2.23. The lowest BCUT2D eigenvalue weighted by Gasteiger charge is -2.36. The highest BCUT2D eigenvalue weighted by atomic mass is 16.3. The number of likely N-dealkylation sites (N-methyl/N-ethyl adjacent to an activating group) is 1. The van der Waals surface area contributed by atoms with Crippen molar-refractivity contribution < 1.29 is 9.21 Å². The van der Waals surface area contributed by atoms with Crippen LogP contribution in [0.5, 0.6) is 0 Å². The van der Waals surface area contributed by atoms with E-state index in [1.54, 1.807) is 11.2 Å². The maximum atomic E-state index is 12.6. The molecule has 136 valence electrons. The van der Waals surface area contributed by atoms with Crippen LogP contribution in [-0.2, 0) is 17.9 Å². The highest BCUT2D eigenvalue weighted by molar-refractivity contribution is 5.78. The molecule has 1 atom stereocenters. The Kier molecular flexibility index (Phi) is 5.58. The van der Waals surface area contributed by atoms with E-state index < -0.39 is 0 Å². The van der Waals surface area contributed by atoms with E-state index in [9.17, 15) is 4.79 Å². The molecule has 0 aliphatic carbocycles. The molecule has 2 aromatic heterocycles. The van der Waals surface area contributed by atoms with Crippen molar-refractivity contribution in [3.8, 4) is 0 Å². The Morgan fingerprint density at radius 2 is 2.24 bits per heavy atom. The lowest BCUT2D eigenvalue weighted by molar-refractivity contribution is -0.133. The average Bonchev–Trinajstić information content (AvgIpc) is 3.19. The van der Waals surface area contributed by atoms with Gasteiger partial charge in [0.25, 0.3) is 0 Å². The van der Waals surface area contributed by atoms with Crippen LogP contribution >= 0.6 is 0 Å². The first-order valence-electron chi connectivity index (χ1n) is 9.04. The third-order valence-electron chi connectivity index (χ3n) is 4.97. The van der Waals surface area contributed by atoms with Gasteiger partial charge in [-0.3, -0.25) is 14.4 Å². The number of carbonyl (C=O) groups excluding carboxylic acids is 1. The maximum Gasteiger partial charge on any atom is 0.236 e. The first kappa shape index (κ1) is 17.7. The molecular weight excluding hydrogens is 316 g/mol. The highest BCUT2D eigenvalue weighted by Crippen LogP contribution is 2.19. The van der Waals surface area contributed by atoms with Crippen molar-refractivity contribution in [1.29, 1.82) is 0 Å².